The standard InChI is InChI=1S/C18H20N2O3S/c21-18(20-12-5-2-6-13-20)15-8-7-11-17(14-15)24(22,23)19-16-9-3-1-4-10-16/h1,3-4,7-11,14,19H,2,5-6,12-13H2. The number of sulfonamides is 1. The van der Waals surface area contributed by atoms with Crippen molar-refractivity contribution in [3.8, 4) is 0 Å². The Bertz CT molecular complexity index is 813. The fourth-order valence-corrected chi connectivity index (χ4v) is 3.90. The maximum atomic E-state index is 12.5. The molecule has 1 heterocycles. The Morgan fingerprint density at radius 3 is 2.33 bits per heavy atom. The van der Waals surface area contributed by atoms with E-state index < -0.39 is 10.0 Å². The number of amides is 1. The Hall–Kier alpha value is -2.34. The van der Waals surface area contributed by atoms with Gasteiger partial charge < -0.3 is 4.90 Å². The summed E-state index contributed by atoms with van der Waals surface area (Å²) in [5.74, 6) is -0.105. The van der Waals surface area contributed by atoms with Gasteiger partial charge in [0.05, 0.1) is 4.90 Å². The summed E-state index contributed by atoms with van der Waals surface area (Å²) in [6, 6.07) is 14.9. The molecule has 2 aromatic rings. The van der Waals surface area contributed by atoms with Gasteiger partial charge in [-0.3, -0.25) is 9.52 Å². The number of para-hydroxylation sites is 1. The van der Waals surface area contributed by atoms with Crippen molar-refractivity contribution in [2.45, 2.75) is 24.2 Å². The third-order valence-corrected chi connectivity index (χ3v) is 5.44. The Balaban J connectivity index is 1.83. The average molecular weight is 344 g/mol. The van der Waals surface area contributed by atoms with Gasteiger partial charge in [-0.05, 0) is 49.6 Å². The molecule has 0 aromatic heterocycles. The van der Waals surface area contributed by atoms with Crippen molar-refractivity contribution in [3.63, 3.8) is 0 Å². The first-order valence-electron chi connectivity index (χ1n) is 8.03. The first-order valence-corrected chi connectivity index (χ1v) is 9.52. The van der Waals surface area contributed by atoms with Crippen molar-refractivity contribution in [3.05, 3.63) is 60.2 Å². The maximum Gasteiger partial charge on any atom is 0.261 e. The third-order valence-electron chi connectivity index (χ3n) is 4.06. The van der Waals surface area contributed by atoms with Crippen LogP contribution in [0.25, 0.3) is 0 Å². The summed E-state index contributed by atoms with van der Waals surface area (Å²) in [6.07, 6.45) is 3.14. The van der Waals surface area contributed by atoms with Gasteiger partial charge in [-0.2, -0.15) is 0 Å². The number of anilines is 1. The highest BCUT2D eigenvalue weighted by molar-refractivity contribution is 7.92. The monoisotopic (exact) mass is 344 g/mol. The highest BCUT2D eigenvalue weighted by Gasteiger charge is 2.21. The highest BCUT2D eigenvalue weighted by Crippen LogP contribution is 2.19. The smallest absolute Gasteiger partial charge is 0.261 e. The molecule has 0 radical (unpaired) electrons. The number of carbonyl (C=O) groups is 1. The van der Waals surface area contributed by atoms with E-state index in [9.17, 15) is 13.2 Å². The Morgan fingerprint density at radius 1 is 0.917 bits per heavy atom. The van der Waals surface area contributed by atoms with E-state index in [1.807, 2.05) is 6.07 Å². The van der Waals surface area contributed by atoms with Crippen LogP contribution in [0.2, 0.25) is 0 Å². The van der Waals surface area contributed by atoms with E-state index in [1.54, 1.807) is 41.3 Å². The van der Waals surface area contributed by atoms with E-state index in [0.717, 1.165) is 32.4 Å². The zero-order valence-electron chi connectivity index (χ0n) is 13.3. The summed E-state index contributed by atoms with van der Waals surface area (Å²) in [7, 11) is -3.72. The molecule has 3 rings (SSSR count). The zero-order chi connectivity index (χ0) is 17.0. The van der Waals surface area contributed by atoms with Gasteiger partial charge in [0.25, 0.3) is 15.9 Å². The molecule has 2 aromatic carbocycles. The lowest BCUT2D eigenvalue weighted by molar-refractivity contribution is 0.0724. The Kier molecular flexibility index (Phi) is 4.85. The molecule has 0 unspecified atom stereocenters. The molecule has 0 atom stereocenters. The number of hydrogen-bond acceptors (Lipinski definition) is 3. The molecule has 1 saturated heterocycles. The van der Waals surface area contributed by atoms with Crippen molar-refractivity contribution in [2.24, 2.45) is 0 Å². The molecule has 1 aliphatic rings. The molecular weight excluding hydrogens is 324 g/mol. The second-order valence-electron chi connectivity index (χ2n) is 5.85. The van der Waals surface area contributed by atoms with Gasteiger partial charge >= 0.3 is 0 Å². The van der Waals surface area contributed by atoms with Crippen molar-refractivity contribution in [2.75, 3.05) is 17.8 Å². The Labute approximate surface area is 142 Å². The number of piperidine rings is 1. The minimum atomic E-state index is -3.72. The first-order chi connectivity index (χ1) is 11.6. The quantitative estimate of drug-likeness (QED) is 0.927. The topological polar surface area (TPSA) is 66.5 Å². The predicted molar refractivity (Wildman–Crippen MR) is 93.4 cm³/mol. The molecule has 1 aliphatic heterocycles. The normalized spacial score (nSPS) is 15.1. The molecule has 126 valence electrons. The fourth-order valence-electron chi connectivity index (χ4n) is 2.80. The number of carbonyl (C=O) groups excluding carboxylic acids is 1. The largest absolute Gasteiger partial charge is 0.339 e. The number of nitrogens with one attached hydrogen (secondary N) is 1. The van der Waals surface area contributed by atoms with Crippen LogP contribution in [0, 0.1) is 0 Å². The minimum absolute atomic E-state index is 0.0919. The molecule has 0 spiro atoms. The van der Waals surface area contributed by atoms with Crippen molar-refractivity contribution in [1.82, 2.24) is 4.90 Å². The van der Waals surface area contributed by atoms with Gasteiger partial charge in [0, 0.05) is 24.3 Å². The molecule has 1 fully saturated rings. The molecule has 1 amide bonds. The third kappa shape index (κ3) is 3.76. The lowest BCUT2D eigenvalue weighted by atomic mass is 10.1. The van der Waals surface area contributed by atoms with Crippen LogP contribution in [-0.2, 0) is 10.0 Å². The van der Waals surface area contributed by atoms with Gasteiger partial charge in [0.15, 0.2) is 0 Å². The van der Waals surface area contributed by atoms with Gasteiger partial charge in [0.2, 0.25) is 0 Å². The highest BCUT2D eigenvalue weighted by atomic mass is 32.2. The number of nitrogens with zero attached hydrogens (tertiary/aromatic N) is 1. The van der Waals surface area contributed by atoms with Crippen molar-refractivity contribution in [1.29, 1.82) is 0 Å². The number of rotatable bonds is 4. The second kappa shape index (κ2) is 7.05. The summed E-state index contributed by atoms with van der Waals surface area (Å²) >= 11 is 0. The van der Waals surface area contributed by atoms with Gasteiger partial charge in [-0.25, -0.2) is 8.42 Å². The minimum Gasteiger partial charge on any atom is -0.339 e. The summed E-state index contributed by atoms with van der Waals surface area (Å²) in [6.45, 7) is 1.47. The summed E-state index contributed by atoms with van der Waals surface area (Å²) in [5.41, 5.74) is 0.901. The van der Waals surface area contributed by atoms with Crippen molar-refractivity contribution < 1.29 is 13.2 Å². The van der Waals surface area contributed by atoms with E-state index in [1.165, 1.54) is 12.1 Å². The van der Waals surface area contributed by atoms with Gasteiger partial charge in [0.1, 0.15) is 0 Å². The molecule has 1 N–H and O–H groups in total. The van der Waals surface area contributed by atoms with Crippen LogP contribution in [0.4, 0.5) is 5.69 Å². The van der Waals surface area contributed by atoms with Crippen LogP contribution >= 0.6 is 0 Å². The van der Waals surface area contributed by atoms with E-state index in [-0.39, 0.29) is 10.8 Å². The zero-order valence-corrected chi connectivity index (χ0v) is 14.1. The maximum absolute atomic E-state index is 12.5. The number of likely N-dealkylation sites (tertiary alicyclic amines) is 1. The van der Waals surface area contributed by atoms with E-state index >= 15 is 0 Å². The molecule has 5 nitrogen and oxygen atoms in total. The SMILES string of the molecule is O=C(c1cccc(S(=O)(=O)Nc2ccccc2)c1)N1CCCCC1. The van der Waals surface area contributed by atoms with Gasteiger partial charge in [-0.1, -0.05) is 24.3 Å². The van der Waals surface area contributed by atoms with Crippen LogP contribution in [0.5, 0.6) is 0 Å². The average Bonchev–Trinajstić information content (AvgIpc) is 2.62. The molecule has 0 saturated carbocycles. The van der Waals surface area contributed by atoms with Crippen molar-refractivity contribution >= 4 is 21.6 Å². The van der Waals surface area contributed by atoms with Crippen LogP contribution in [0.3, 0.4) is 0 Å². The van der Waals surface area contributed by atoms with Crippen LogP contribution in [0.15, 0.2) is 59.5 Å². The van der Waals surface area contributed by atoms with Crippen LogP contribution < -0.4 is 4.72 Å². The Morgan fingerprint density at radius 2 is 1.62 bits per heavy atom. The summed E-state index contributed by atoms with van der Waals surface area (Å²) < 4.78 is 27.6. The van der Waals surface area contributed by atoms with Crippen LogP contribution in [-0.4, -0.2) is 32.3 Å². The lowest BCUT2D eigenvalue weighted by Crippen LogP contribution is -2.35. The van der Waals surface area contributed by atoms with E-state index in [0.29, 0.717) is 11.3 Å². The van der Waals surface area contributed by atoms with Gasteiger partial charge in [-0.15, -0.1) is 0 Å². The fraction of sp³-hybridized carbons (Fsp3) is 0.278. The molecular formula is C18H20N2O3S. The van der Waals surface area contributed by atoms with E-state index in [2.05, 4.69) is 4.72 Å². The molecule has 6 heteroatoms. The second-order valence-corrected chi connectivity index (χ2v) is 7.53. The first kappa shape index (κ1) is 16.5. The lowest BCUT2D eigenvalue weighted by Gasteiger charge is -2.26. The van der Waals surface area contributed by atoms with Crippen LogP contribution in [0.1, 0.15) is 29.6 Å². The van der Waals surface area contributed by atoms with E-state index in [4.69, 9.17) is 0 Å². The summed E-state index contributed by atoms with van der Waals surface area (Å²) in [5, 5.41) is 0. The molecule has 0 bridgehead atoms. The molecule has 24 heavy (non-hydrogen) atoms. The number of hydrogen-bond donors (Lipinski definition) is 1. The predicted octanol–water partition coefficient (Wildman–Crippen LogP) is 3.11. The molecule has 0 aliphatic carbocycles. The number of benzene rings is 2. The summed E-state index contributed by atoms with van der Waals surface area (Å²) in [4.78, 5) is 14.4.